The lowest BCUT2D eigenvalue weighted by Crippen LogP contribution is -2.48. The van der Waals surface area contributed by atoms with Gasteiger partial charge in [0, 0.05) is 17.6 Å². The van der Waals surface area contributed by atoms with Gasteiger partial charge in [-0.1, -0.05) is 30.7 Å². The summed E-state index contributed by atoms with van der Waals surface area (Å²) in [6.07, 6.45) is 2.70. The first kappa shape index (κ1) is 13.9. The SMILES string of the molecule is CCNCC1CCC1N(C)Cc1ccc(Cl)cc1. The standard InChI is InChI=1S/C15H23ClN2/c1-3-17-10-13-6-9-15(13)18(2)11-12-4-7-14(16)8-5-12/h4-5,7-8,13,15,17H,3,6,9-11H2,1-2H3. The minimum absolute atomic E-state index is 0.736. The fourth-order valence-electron chi connectivity index (χ4n) is 2.69. The molecule has 2 atom stereocenters. The number of hydrogen-bond donors (Lipinski definition) is 1. The maximum Gasteiger partial charge on any atom is 0.0406 e. The topological polar surface area (TPSA) is 15.3 Å². The minimum Gasteiger partial charge on any atom is -0.317 e. The summed E-state index contributed by atoms with van der Waals surface area (Å²) in [5, 5.41) is 4.28. The number of nitrogens with zero attached hydrogens (tertiary/aromatic N) is 1. The first-order chi connectivity index (χ1) is 8.70. The highest BCUT2D eigenvalue weighted by Crippen LogP contribution is 2.31. The molecule has 0 radical (unpaired) electrons. The van der Waals surface area contributed by atoms with Crippen molar-refractivity contribution in [1.82, 2.24) is 10.2 Å². The van der Waals surface area contributed by atoms with E-state index in [9.17, 15) is 0 Å². The first-order valence-electron chi connectivity index (χ1n) is 6.86. The zero-order chi connectivity index (χ0) is 13.0. The number of hydrogen-bond acceptors (Lipinski definition) is 2. The van der Waals surface area contributed by atoms with Crippen molar-refractivity contribution in [2.45, 2.75) is 32.4 Å². The Labute approximate surface area is 115 Å². The Hall–Kier alpha value is -0.570. The lowest BCUT2D eigenvalue weighted by Gasteiger charge is -2.43. The molecule has 2 unspecified atom stereocenters. The number of nitrogens with one attached hydrogen (secondary N) is 1. The molecule has 3 heteroatoms. The van der Waals surface area contributed by atoms with Gasteiger partial charge in [0.1, 0.15) is 0 Å². The van der Waals surface area contributed by atoms with Crippen LogP contribution in [0.1, 0.15) is 25.3 Å². The fourth-order valence-corrected chi connectivity index (χ4v) is 2.82. The van der Waals surface area contributed by atoms with E-state index in [0.29, 0.717) is 0 Å². The predicted octanol–water partition coefficient (Wildman–Crippen LogP) is 3.16. The van der Waals surface area contributed by atoms with Crippen molar-refractivity contribution in [1.29, 1.82) is 0 Å². The van der Waals surface area contributed by atoms with E-state index < -0.39 is 0 Å². The van der Waals surface area contributed by atoms with Gasteiger partial charge in [-0.3, -0.25) is 4.90 Å². The van der Waals surface area contributed by atoms with Crippen LogP contribution in [0, 0.1) is 5.92 Å². The van der Waals surface area contributed by atoms with Crippen molar-refractivity contribution in [2.24, 2.45) is 5.92 Å². The van der Waals surface area contributed by atoms with Crippen LogP contribution >= 0.6 is 11.6 Å². The highest BCUT2D eigenvalue weighted by atomic mass is 35.5. The van der Waals surface area contributed by atoms with E-state index in [1.165, 1.54) is 18.4 Å². The second-order valence-electron chi connectivity index (χ2n) is 5.25. The highest BCUT2D eigenvalue weighted by molar-refractivity contribution is 6.30. The third kappa shape index (κ3) is 3.47. The summed E-state index contributed by atoms with van der Waals surface area (Å²) < 4.78 is 0. The van der Waals surface area contributed by atoms with E-state index in [1.807, 2.05) is 12.1 Å². The van der Waals surface area contributed by atoms with Crippen molar-refractivity contribution >= 4 is 11.6 Å². The van der Waals surface area contributed by atoms with Gasteiger partial charge in [-0.2, -0.15) is 0 Å². The van der Waals surface area contributed by atoms with Gasteiger partial charge in [-0.15, -0.1) is 0 Å². The minimum atomic E-state index is 0.736. The Morgan fingerprint density at radius 1 is 1.28 bits per heavy atom. The lowest BCUT2D eigenvalue weighted by molar-refractivity contribution is 0.0784. The van der Waals surface area contributed by atoms with E-state index in [-0.39, 0.29) is 0 Å². The third-order valence-electron chi connectivity index (χ3n) is 3.95. The van der Waals surface area contributed by atoms with Gasteiger partial charge < -0.3 is 5.32 Å². The van der Waals surface area contributed by atoms with Gasteiger partial charge >= 0.3 is 0 Å². The van der Waals surface area contributed by atoms with Gasteiger partial charge in [-0.25, -0.2) is 0 Å². The van der Waals surface area contributed by atoms with E-state index in [2.05, 4.69) is 36.3 Å². The average Bonchev–Trinajstić information content (AvgIpc) is 2.31. The summed E-state index contributed by atoms with van der Waals surface area (Å²) in [6, 6.07) is 8.93. The number of benzene rings is 1. The summed E-state index contributed by atoms with van der Waals surface area (Å²) in [5.41, 5.74) is 1.34. The van der Waals surface area contributed by atoms with E-state index in [0.717, 1.165) is 36.6 Å². The Morgan fingerprint density at radius 3 is 2.56 bits per heavy atom. The molecule has 0 aliphatic heterocycles. The average molecular weight is 267 g/mol. The predicted molar refractivity (Wildman–Crippen MR) is 78.0 cm³/mol. The normalized spacial score (nSPS) is 23.1. The molecule has 18 heavy (non-hydrogen) atoms. The van der Waals surface area contributed by atoms with Crippen LogP contribution in [0.15, 0.2) is 24.3 Å². The summed E-state index contributed by atoms with van der Waals surface area (Å²) in [7, 11) is 2.23. The van der Waals surface area contributed by atoms with Crippen LogP contribution < -0.4 is 5.32 Å². The van der Waals surface area contributed by atoms with Crippen molar-refractivity contribution in [2.75, 3.05) is 20.1 Å². The molecule has 0 bridgehead atoms. The molecule has 0 saturated heterocycles. The highest BCUT2D eigenvalue weighted by Gasteiger charge is 2.33. The Kier molecular flexibility index (Phi) is 5.04. The van der Waals surface area contributed by atoms with Crippen LogP contribution in [-0.4, -0.2) is 31.1 Å². The smallest absolute Gasteiger partial charge is 0.0406 e. The summed E-state index contributed by atoms with van der Waals surface area (Å²) >= 11 is 5.91. The summed E-state index contributed by atoms with van der Waals surface area (Å²) in [5.74, 6) is 0.822. The van der Waals surface area contributed by atoms with Gasteiger partial charge in [0.25, 0.3) is 0 Å². The molecule has 1 saturated carbocycles. The zero-order valence-electron chi connectivity index (χ0n) is 11.3. The molecule has 0 spiro atoms. The molecule has 1 aromatic rings. The molecule has 2 rings (SSSR count). The summed E-state index contributed by atoms with van der Waals surface area (Å²) in [6.45, 7) is 5.42. The molecule has 1 aromatic carbocycles. The molecular formula is C15H23ClN2. The molecule has 0 amide bonds. The fraction of sp³-hybridized carbons (Fsp3) is 0.600. The Morgan fingerprint density at radius 2 is 2.00 bits per heavy atom. The molecule has 2 nitrogen and oxygen atoms in total. The maximum atomic E-state index is 5.91. The van der Waals surface area contributed by atoms with Crippen LogP contribution in [0.25, 0.3) is 0 Å². The van der Waals surface area contributed by atoms with Crippen LogP contribution in [-0.2, 0) is 6.54 Å². The van der Waals surface area contributed by atoms with Crippen molar-refractivity contribution in [3.63, 3.8) is 0 Å². The quantitative estimate of drug-likeness (QED) is 0.851. The molecule has 1 N–H and O–H groups in total. The first-order valence-corrected chi connectivity index (χ1v) is 7.24. The zero-order valence-corrected chi connectivity index (χ0v) is 12.1. The van der Waals surface area contributed by atoms with Crippen molar-refractivity contribution in [3.05, 3.63) is 34.9 Å². The van der Waals surface area contributed by atoms with Gasteiger partial charge in [0.15, 0.2) is 0 Å². The van der Waals surface area contributed by atoms with Crippen LogP contribution in [0.2, 0.25) is 5.02 Å². The third-order valence-corrected chi connectivity index (χ3v) is 4.20. The second-order valence-corrected chi connectivity index (χ2v) is 5.69. The molecule has 1 aliphatic carbocycles. The Bertz CT molecular complexity index is 363. The molecule has 1 aliphatic rings. The van der Waals surface area contributed by atoms with Crippen LogP contribution in [0.4, 0.5) is 0 Å². The second kappa shape index (κ2) is 6.55. The summed E-state index contributed by atoms with van der Waals surface area (Å²) in [4.78, 5) is 2.48. The molecule has 1 fully saturated rings. The lowest BCUT2D eigenvalue weighted by atomic mass is 9.78. The van der Waals surface area contributed by atoms with Gasteiger partial charge in [0.05, 0.1) is 0 Å². The van der Waals surface area contributed by atoms with Crippen LogP contribution in [0.5, 0.6) is 0 Å². The largest absolute Gasteiger partial charge is 0.317 e. The molecule has 0 heterocycles. The Balaban J connectivity index is 1.84. The van der Waals surface area contributed by atoms with E-state index in [1.54, 1.807) is 0 Å². The molecule has 100 valence electrons. The number of rotatable bonds is 6. The van der Waals surface area contributed by atoms with E-state index in [4.69, 9.17) is 11.6 Å². The van der Waals surface area contributed by atoms with E-state index >= 15 is 0 Å². The van der Waals surface area contributed by atoms with Gasteiger partial charge in [0.2, 0.25) is 0 Å². The molecular weight excluding hydrogens is 244 g/mol. The number of halogens is 1. The van der Waals surface area contributed by atoms with Gasteiger partial charge in [-0.05, 0) is 56.6 Å². The van der Waals surface area contributed by atoms with Crippen molar-refractivity contribution < 1.29 is 0 Å². The monoisotopic (exact) mass is 266 g/mol. The molecule has 0 aromatic heterocycles. The van der Waals surface area contributed by atoms with Crippen molar-refractivity contribution in [3.8, 4) is 0 Å². The van der Waals surface area contributed by atoms with Crippen LogP contribution in [0.3, 0.4) is 0 Å². The maximum absolute atomic E-state index is 5.91.